The zero-order valence-electron chi connectivity index (χ0n) is 24.4. The molecule has 226 valence electrons. The van der Waals surface area contributed by atoms with E-state index in [9.17, 15) is 24.4 Å². The number of nitriles is 1. The van der Waals surface area contributed by atoms with Crippen LogP contribution >= 0.6 is 23.5 Å². The van der Waals surface area contributed by atoms with Crippen molar-refractivity contribution >= 4 is 57.2 Å². The molecule has 2 fully saturated rings. The van der Waals surface area contributed by atoms with Crippen molar-refractivity contribution in [1.29, 1.82) is 5.26 Å². The molecule has 3 aromatic rings. The van der Waals surface area contributed by atoms with Gasteiger partial charge in [-0.2, -0.15) is 5.26 Å². The number of carbonyl (C=O) groups is 4. The van der Waals surface area contributed by atoms with Crippen molar-refractivity contribution in [2.24, 2.45) is 5.41 Å². The van der Waals surface area contributed by atoms with Gasteiger partial charge in [0.05, 0.1) is 24.6 Å². The van der Waals surface area contributed by atoms with Gasteiger partial charge in [-0.15, -0.1) is 0 Å². The van der Waals surface area contributed by atoms with Gasteiger partial charge in [0.25, 0.3) is 22.3 Å². The highest BCUT2D eigenvalue weighted by Gasteiger charge is 2.72. The number of hydrogen-bond donors (Lipinski definition) is 2. The number of nitrogens with one attached hydrogen (secondary N) is 2. The Morgan fingerprint density at radius 1 is 0.932 bits per heavy atom. The first-order valence-corrected chi connectivity index (χ1v) is 15.2. The maximum Gasteiger partial charge on any atom is 0.286 e. The molecule has 13 heteroatoms. The van der Waals surface area contributed by atoms with E-state index in [1.165, 1.54) is 37.1 Å². The number of carbonyl (C=O) groups excluding carboxylic acids is 4. The number of benzene rings is 2. The fraction of sp³-hybridized carbons (Fsp3) is 0.290. The molecule has 5 rings (SSSR count). The topological polar surface area (TPSA) is 145 Å². The fourth-order valence-corrected chi connectivity index (χ4v) is 7.95. The van der Waals surface area contributed by atoms with Gasteiger partial charge in [0.15, 0.2) is 9.74 Å². The molecule has 0 spiro atoms. The van der Waals surface area contributed by atoms with Crippen LogP contribution in [0.25, 0.3) is 0 Å². The maximum absolute atomic E-state index is 14.8. The molecule has 2 aliphatic heterocycles. The van der Waals surface area contributed by atoms with Crippen LogP contribution in [0.3, 0.4) is 0 Å². The first-order valence-electron chi connectivity index (χ1n) is 13.6. The van der Waals surface area contributed by atoms with Gasteiger partial charge in [0.2, 0.25) is 5.88 Å². The second-order valence-corrected chi connectivity index (χ2v) is 13.4. The molecule has 44 heavy (non-hydrogen) atoms. The van der Waals surface area contributed by atoms with Gasteiger partial charge >= 0.3 is 0 Å². The Morgan fingerprint density at radius 2 is 1.50 bits per heavy atom. The smallest absolute Gasteiger partial charge is 0.286 e. The zero-order chi connectivity index (χ0) is 31.7. The van der Waals surface area contributed by atoms with Crippen LogP contribution in [0.15, 0.2) is 79.0 Å². The Kier molecular flexibility index (Phi) is 8.33. The Hall–Kier alpha value is -4.54. The molecular weight excluding hydrogens is 601 g/mol. The number of hydrogen-bond acceptors (Lipinski definition) is 9. The average molecular weight is 631 g/mol. The van der Waals surface area contributed by atoms with Crippen LogP contribution in [0.5, 0.6) is 5.88 Å². The number of fused-ring (bicyclic) bond motifs is 1. The molecule has 4 atom stereocenters. The number of anilines is 2. The molecule has 4 amide bonds. The molecule has 2 aliphatic rings. The molecule has 0 radical (unpaired) electrons. The number of para-hydroxylation sites is 2. The monoisotopic (exact) mass is 630 g/mol. The number of aromatic nitrogens is 1. The van der Waals surface area contributed by atoms with E-state index in [1.807, 2.05) is 0 Å². The summed E-state index contributed by atoms with van der Waals surface area (Å²) < 4.78 is 5.20. The number of ether oxygens (including phenoxy) is 1. The van der Waals surface area contributed by atoms with Crippen molar-refractivity contribution in [3.63, 3.8) is 0 Å². The number of rotatable bonds is 6. The van der Waals surface area contributed by atoms with E-state index >= 15 is 0 Å². The van der Waals surface area contributed by atoms with E-state index in [0.29, 0.717) is 46.3 Å². The average Bonchev–Trinajstić information content (AvgIpc) is 3.29. The summed E-state index contributed by atoms with van der Waals surface area (Å²) in [7, 11) is 2.90. The van der Waals surface area contributed by atoms with Crippen LogP contribution in [-0.4, -0.2) is 61.0 Å². The summed E-state index contributed by atoms with van der Waals surface area (Å²) in [5.74, 6) is -0.863. The lowest BCUT2D eigenvalue weighted by atomic mass is 9.80. The van der Waals surface area contributed by atoms with Crippen LogP contribution in [0.4, 0.5) is 21.0 Å². The summed E-state index contributed by atoms with van der Waals surface area (Å²) in [5, 5.41) is 14.9. The van der Waals surface area contributed by atoms with Gasteiger partial charge in [-0.25, -0.2) is 4.98 Å². The summed E-state index contributed by atoms with van der Waals surface area (Å²) in [4.78, 5) is 59.4. The van der Waals surface area contributed by atoms with Crippen molar-refractivity contribution in [2.75, 3.05) is 24.8 Å². The van der Waals surface area contributed by atoms with Gasteiger partial charge in [-0.1, -0.05) is 36.4 Å². The number of thioether (sulfide) groups is 2. The molecular formula is C31H30N6O5S2. The Balaban J connectivity index is 1.59. The highest BCUT2D eigenvalue weighted by Crippen LogP contribution is 2.62. The van der Waals surface area contributed by atoms with E-state index in [4.69, 9.17) is 4.74 Å². The predicted octanol–water partition coefficient (Wildman–Crippen LogP) is 5.71. The largest absolute Gasteiger partial charge is 0.481 e. The minimum absolute atomic E-state index is 0.147. The summed E-state index contributed by atoms with van der Waals surface area (Å²) >= 11 is 1.31. The first-order chi connectivity index (χ1) is 21.0. The van der Waals surface area contributed by atoms with E-state index < -0.39 is 43.5 Å². The highest BCUT2D eigenvalue weighted by atomic mass is 32.2. The molecule has 2 N–H and O–H groups in total. The molecule has 11 nitrogen and oxygen atoms in total. The molecule has 1 unspecified atom stereocenters. The number of piperazine rings is 1. The zero-order valence-corrected chi connectivity index (χ0v) is 26.1. The minimum Gasteiger partial charge on any atom is -0.481 e. The number of likely N-dealkylation sites (N-methyl/N-ethyl adjacent to an activating group) is 1. The van der Waals surface area contributed by atoms with Crippen LogP contribution in [0.1, 0.15) is 31.9 Å². The third-order valence-corrected chi connectivity index (χ3v) is 10.2. The predicted molar refractivity (Wildman–Crippen MR) is 169 cm³/mol. The van der Waals surface area contributed by atoms with Gasteiger partial charge in [0.1, 0.15) is 0 Å². The van der Waals surface area contributed by atoms with Crippen LogP contribution in [0, 0.1) is 16.7 Å². The molecule has 1 aromatic heterocycles. The van der Waals surface area contributed by atoms with Gasteiger partial charge in [0, 0.05) is 37.1 Å². The third-order valence-electron chi connectivity index (χ3n) is 7.89. The summed E-state index contributed by atoms with van der Waals surface area (Å²) in [5.41, 5.74) is 0.192. The summed E-state index contributed by atoms with van der Waals surface area (Å²) in [6.07, 6.45) is 1.35. The Bertz CT molecular complexity index is 1640. The Labute approximate surface area is 263 Å². The highest BCUT2D eigenvalue weighted by molar-refractivity contribution is 8.16. The van der Waals surface area contributed by atoms with Crippen molar-refractivity contribution in [3.05, 3.63) is 84.6 Å². The molecule has 2 aromatic carbocycles. The number of nitrogens with zero attached hydrogens (tertiary/aromatic N) is 4. The van der Waals surface area contributed by atoms with Crippen molar-refractivity contribution < 1.29 is 23.9 Å². The third kappa shape index (κ3) is 5.35. The first kappa shape index (κ1) is 30.9. The Morgan fingerprint density at radius 3 is 2.00 bits per heavy atom. The fourth-order valence-electron chi connectivity index (χ4n) is 5.65. The summed E-state index contributed by atoms with van der Waals surface area (Å²) in [6.45, 7) is 3.15. The van der Waals surface area contributed by atoms with E-state index in [0.717, 1.165) is 0 Å². The number of methoxy groups -OCH3 is 1. The van der Waals surface area contributed by atoms with Crippen molar-refractivity contribution in [2.45, 2.75) is 36.1 Å². The van der Waals surface area contributed by atoms with Crippen LogP contribution in [-0.2, 0) is 9.59 Å². The lowest BCUT2D eigenvalue weighted by molar-refractivity contribution is -0.163. The normalized spacial score (nSPS) is 26.0. The second kappa shape index (κ2) is 11.9. The standard InChI is InChI=1S/C31H30N6O5S2/c1-29(19-32)18-31(44-28(41)35-22-13-9-6-10-14-22)26(39)36(3)30(2,43-27(40)34-21-11-7-5-8-12-21)25(38)37(31)24(29)20-15-16-23(42-4)33-17-20/h5-17,24H,18H2,1-4H3,(H,34,40)(H,35,41)/t24?,29-,30+,31-/m1/s1. The quantitative estimate of drug-likeness (QED) is 0.350. The van der Waals surface area contributed by atoms with Crippen LogP contribution < -0.4 is 15.4 Å². The van der Waals surface area contributed by atoms with E-state index in [-0.39, 0.29) is 6.42 Å². The van der Waals surface area contributed by atoms with E-state index in [2.05, 4.69) is 21.7 Å². The lowest BCUT2D eigenvalue weighted by Gasteiger charge is -2.52. The lowest BCUT2D eigenvalue weighted by Crippen LogP contribution is -2.71. The van der Waals surface area contributed by atoms with Crippen molar-refractivity contribution in [3.8, 4) is 11.9 Å². The second-order valence-electron chi connectivity index (χ2n) is 10.8. The summed E-state index contributed by atoms with van der Waals surface area (Å²) in [6, 6.07) is 22.1. The van der Waals surface area contributed by atoms with Crippen LogP contribution in [0.2, 0.25) is 0 Å². The number of amides is 4. The molecule has 3 heterocycles. The van der Waals surface area contributed by atoms with Gasteiger partial charge in [-0.3, -0.25) is 19.2 Å². The van der Waals surface area contributed by atoms with Gasteiger partial charge in [-0.05, 0) is 73.3 Å². The maximum atomic E-state index is 14.8. The molecule has 2 saturated heterocycles. The molecule has 0 saturated carbocycles. The molecule has 0 aliphatic carbocycles. The van der Waals surface area contributed by atoms with Gasteiger partial charge < -0.3 is 25.2 Å². The van der Waals surface area contributed by atoms with E-state index in [1.54, 1.807) is 79.7 Å². The van der Waals surface area contributed by atoms with Crippen molar-refractivity contribution in [1.82, 2.24) is 14.8 Å². The SMILES string of the molecule is COc1ccc(C2N3C(=O)[C@](C)(SC(=O)Nc4ccccc4)N(C)C(=O)[C@]3(SC(=O)Nc3ccccc3)C[C@]2(C)C#N)cn1. The minimum atomic E-state index is -1.80. The number of pyridine rings is 1. The molecule has 0 bridgehead atoms.